The zero-order valence-corrected chi connectivity index (χ0v) is 10.4. The molecule has 0 saturated carbocycles. The Balaban J connectivity index is 2.73. The third-order valence-corrected chi connectivity index (χ3v) is 2.70. The Morgan fingerprint density at radius 3 is 2.81 bits per heavy atom. The molecule has 0 saturated heterocycles. The first-order valence-corrected chi connectivity index (χ1v) is 5.63. The van der Waals surface area contributed by atoms with Gasteiger partial charge in [-0.25, -0.2) is 0 Å². The van der Waals surface area contributed by atoms with Crippen LogP contribution in [0.3, 0.4) is 0 Å². The van der Waals surface area contributed by atoms with Gasteiger partial charge in [-0.3, -0.25) is 0 Å². The molecule has 1 aromatic carbocycles. The van der Waals surface area contributed by atoms with Crippen molar-refractivity contribution in [2.75, 3.05) is 14.2 Å². The lowest BCUT2D eigenvalue weighted by Crippen LogP contribution is -2.16. The molecule has 0 spiro atoms. The normalized spacial score (nSPS) is 12.2. The maximum Gasteiger partial charge on any atom is 0.119 e. The highest BCUT2D eigenvalue weighted by atomic mass is 16.5. The summed E-state index contributed by atoms with van der Waals surface area (Å²) in [5.74, 6) is 0.910. The van der Waals surface area contributed by atoms with Crippen LogP contribution in [0.4, 0.5) is 0 Å². The number of hydrogen-bond acceptors (Lipinski definition) is 2. The zero-order valence-electron chi connectivity index (χ0n) is 10.4. The number of methoxy groups -OCH3 is 1. The predicted octanol–water partition coefficient (Wildman–Crippen LogP) is 3.31. The molecule has 88 valence electrons. The minimum Gasteiger partial charge on any atom is -0.497 e. The molecule has 1 aromatic rings. The lowest BCUT2D eigenvalue weighted by Gasteiger charge is -2.17. The first kappa shape index (κ1) is 12.8. The summed E-state index contributed by atoms with van der Waals surface area (Å²) in [5.41, 5.74) is 2.49. The fraction of sp³-hybridized carbons (Fsp3) is 0.429. The molecular weight excluding hydrogens is 198 g/mol. The van der Waals surface area contributed by atoms with E-state index in [0.717, 1.165) is 18.6 Å². The van der Waals surface area contributed by atoms with Crippen molar-refractivity contribution in [1.82, 2.24) is 5.32 Å². The van der Waals surface area contributed by atoms with E-state index in [1.807, 2.05) is 19.2 Å². The Morgan fingerprint density at radius 1 is 1.50 bits per heavy atom. The molecule has 2 nitrogen and oxygen atoms in total. The summed E-state index contributed by atoms with van der Waals surface area (Å²) < 4.78 is 5.23. The van der Waals surface area contributed by atoms with Gasteiger partial charge in [-0.1, -0.05) is 17.7 Å². The molecule has 1 unspecified atom stereocenters. The van der Waals surface area contributed by atoms with Crippen molar-refractivity contribution in [2.45, 2.75) is 25.8 Å². The van der Waals surface area contributed by atoms with Gasteiger partial charge in [-0.2, -0.15) is 0 Å². The van der Waals surface area contributed by atoms with Gasteiger partial charge in [0.2, 0.25) is 0 Å². The van der Waals surface area contributed by atoms with Gasteiger partial charge in [-0.15, -0.1) is 6.58 Å². The van der Waals surface area contributed by atoms with Crippen molar-refractivity contribution in [3.8, 4) is 5.75 Å². The van der Waals surface area contributed by atoms with Crippen LogP contribution in [0.15, 0.2) is 36.4 Å². The van der Waals surface area contributed by atoms with E-state index in [0.29, 0.717) is 6.04 Å². The SMILES string of the molecule is C=C(C)CCC(NC)c1cccc(OC)c1. The molecule has 2 heteroatoms. The van der Waals surface area contributed by atoms with E-state index in [1.54, 1.807) is 7.11 Å². The van der Waals surface area contributed by atoms with Crippen molar-refractivity contribution in [2.24, 2.45) is 0 Å². The molecule has 0 aromatic heterocycles. The van der Waals surface area contributed by atoms with Crippen LogP contribution in [0.25, 0.3) is 0 Å². The monoisotopic (exact) mass is 219 g/mol. The molecule has 0 aliphatic rings. The molecule has 0 bridgehead atoms. The van der Waals surface area contributed by atoms with Crippen LogP contribution in [0.2, 0.25) is 0 Å². The summed E-state index contributed by atoms with van der Waals surface area (Å²) in [6.45, 7) is 6.00. The van der Waals surface area contributed by atoms with Gasteiger partial charge >= 0.3 is 0 Å². The molecule has 0 aliphatic heterocycles. The summed E-state index contributed by atoms with van der Waals surface area (Å²) >= 11 is 0. The second-order valence-corrected chi connectivity index (χ2v) is 4.11. The molecule has 0 amide bonds. The average molecular weight is 219 g/mol. The highest BCUT2D eigenvalue weighted by Crippen LogP contribution is 2.23. The highest BCUT2D eigenvalue weighted by molar-refractivity contribution is 5.30. The van der Waals surface area contributed by atoms with E-state index in [9.17, 15) is 0 Å². The van der Waals surface area contributed by atoms with E-state index in [-0.39, 0.29) is 0 Å². The molecular formula is C14H21NO. The van der Waals surface area contributed by atoms with E-state index in [4.69, 9.17) is 4.74 Å². The zero-order chi connectivity index (χ0) is 12.0. The van der Waals surface area contributed by atoms with Gasteiger partial charge in [0.05, 0.1) is 7.11 Å². The highest BCUT2D eigenvalue weighted by Gasteiger charge is 2.09. The van der Waals surface area contributed by atoms with Gasteiger partial charge in [0, 0.05) is 6.04 Å². The van der Waals surface area contributed by atoms with Crippen LogP contribution in [-0.2, 0) is 0 Å². The minimum atomic E-state index is 0.367. The largest absolute Gasteiger partial charge is 0.497 e. The van der Waals surface area contributed by atoms with Crippen molar-refractivity contribution in [1.29, 1.82) is 0 Å². The van der Waals surface area contributed by atoms with Crippen molar-refractivity contribution < 1.29 is 4.74 Å². The molecule has 16 heavy (non-hydrogen) atoms. The Morgan fingerprint density at radius 2 is 2.25 bits per heavy atom. The van der Waals surface area contributed by atoms with Crippen molar-refractivity contribution in [3.63, 3.8) is 0 Å². The number of allylic oxidation sites excluding steroid dienone is 1. The van der Waals surface area contributed by atoms with Gasteiger partial charge in [-0.05, 0) is 44.5 Å². The molecule has 0 heterocycles. The van der Waals surface area contributed by atoms with E-state index in [2.05, 4.69) is 31.0 Å². The van der Waals surface area contributed by atoms with E-state index < -0.39 is 0 Å². The van der Waals surface area contributed by atoms with Gasteiger partial charge in [0.15, 0.2) is 0 Å². The van der Waals surface area contributed by atoms with Crippen molar-refractivity contribution >= 4 is 0 Å². The van der Waals surface area contributed by atoms with E-state index >= 15 is 0 Å². The van der Waals surface area contributed by atoms with Crippen molar-refractivity contribution in [3.05, 3.63) is 42.0 Å². The maximum absolute atomic E-state index is 5.23. The Kier molecular flexibility index (Phi) is 5.06. The molecule has 1 atom stereocenters. The summed E-state index contributed by atoms with van der Waals surface area (Å²) in [4.78, 5) is 0. The summed E-state index contributed by atoms with van der Waals surface area (Å²) in [6, 6.07) is 8.57. The number of benzene rings is 1. The first-order valence-electron chi connectivity index (χ1n) is 5.63. The smallest absolute Gasteiger partial charge is 0.119 e. The predicted molar refractivity (Wildman–Crippen MR) is 68.8 cm³/mol. The second kappa shape index (κ2) is 6.33. The summed E-state index contributed by atoms with van der Waals surface area (Å²) in [7, 11) is 3.68. The van der Waals surface area contributed by atoms with Crippen LogP contribution in [0, 0.1) is 0 Å². The van der Waals surface area contributed by atoms with Crippen LogP contribution >= 0.6 is 0 Å². The van der Waals surface area contributed by atoms with Crippen LogP contribution in [0.5, 0.6) is 5.75 Å². The van der Waals surface area contributed by atoms with Gasteiger partial charge < -0.3 is 10.1 Å². The quantitative estimate of drug-likeness (QED) is 0.741. The molecule has 0 radical (unpaired) electrons. The van der Waals surface area contributed by atoms with Gasteiger partial charge in [0.25, 0.3) is 0 Å². The lowest BCUT2D eigenvalue weighted by molar-refractivity contribution is 0.413. The fourth-order valence-corrected chi connectivity index (χ4v) is 1.73. The number of hydrogen-bond donors (Lipinski definition) is 1. The van der Waals surface area contributed by atoms with Crippen LogP contribution in [0.1, 0.15) is 31.4 Å². The van der Waals surface area contributed by atoms with Crippen LogP contribution < -0.4 is 10.1 Å². The number of ether oxygens (including phenoxy) is 1. The third-order valence-electron chi connectivity index (χ3n) is 2.70. The number of rotatable bonds is 6. The summed E-state index contributed by atoms with van der Waals surface area (Å²) in [6.07, 6.45) is 2.11. The van der Waals surface area contributed by atoms with Crippen LogP contribution in [-0.4, -0.2) is 14.2 Å². The Hall–Kier alpha value is -1.28. The maximum atomic E-state index is 5.23. The van der Waals surface area contributed by atoms with Gasteiger partial charge in [0.1, 0.15) is 5.75 Å². The minimum absolute atomic E-state index is 0.367. The molecule has 0 aliphatic carbocycles. The first-order chi connectivity index (χ1) is 7.67. The Labute approximate surface area is 98.3 Å². The fourth-order valence-electron chi connectivity index (χ4n) is 1.73. The lowest BCUT2D eigenvalue weighted by atomic mass is 10.00. The number of nitrogens with one attached hydrogen (secondary N) is 1. The second-order valence-electron chi connectivity index (χ2n) is 4.11. The molecule has 1 rings (SSSR count). The topological polar surface area (TPSA) is 21.3 Å². The van der Waals surface area contributed by atoms with E-state index in [1.165, 1.54) is 11.1 Å². The standard InChI is InChI=1S/C14H21NO/c1-11(2)8-9-14(15-3)12-6-5-7-13(10-12)16-4/h5-7,10,14-15H,1,8-9H2,2-4H3. The molecule has 1 N–H and O–H groups in total. The summed E-state index contributed by atoms with van der Waals surface area (Å²) in [5, 5.41) is 3.33. The average Bonchev–Trinajstić information content (AvgIpc) is 2.30. The molecule has 0 fully saturated rings. The Bertz CT molecular complexity index is 346. The third kappa shape index (κ3) is 3.70.